The molecule has 122 valence electrons. The van der Waals surface area contributed by atoms with E-state index in [1.54, 1.807) is 6.20 Å². The Balaban J connectivity index is 1.75. The number of piperidine rings is 1. The molecule has 3 rings (SSSR count). The fraction of sp³-hybridized carbons (Fsp3) is 0.444. The number of amides is 1. The minimum atomic E-state index is 0.186. The highest BCUT2D eigenvalue weighted by molar-refractivity contribution is 5.81. The van der Waals surface area contributed by atoms with E-state index in [2.05, 4.69) is 29.1 Å². The molecule has 0 aliphatic carbocycles. The van der Waals surface area contributed by atoms with E-state index < -0.39 is 0 Å². The van der Waals surface area contributed by atoms with E-state index in [-0.39, 0.29) is 5.91 Å². The first-order chi connectivity index (χ1) is 11.2. The highest BCUT2D eigenvalue weighted by atomic mass is 16.5. The summed E-state index contributed by atoms with van der Waals surface area (Å²) in [4.78, 5) is 16.7. The zero-order chi connectivity index (χ0) is 16.1. The summed E-state index contributed by atoms with van der Waals surface area (Å²) in [6.45, 7) is 4.72. The smallest absolute Gasteiger partial charge is 0.242 e. The highest BCUT2D eigenvalue weighted by Gasteiger charge is 2.20. The molecule has 0 bridgehead atoms. The highest BCUT2D eigenvalue weighted by Crippen LogP contribution is 2.19. The predicted molar refractivity (Wildman–Crippen MR) is 89.2 cm³/mol. The van der Waals surface area contributed by atoms with Crippen LogP contribution in [0.2, 0.25) is 0 Å². The maximum atomic E-state index is 12.6. The van der Waals surface area contributed by atoms with Gasteiger partial charge < -0.3 is 14.3 Å². The summed E-state index contributed by atoms with van der Waals surface area (Å²) in [6, 6.07) is 10.0. The lowest BCUT2D eigenvalue weighted by Crippen LogP contribution is -2.42. The number of aryl methyl sites for hydroxylation is 1. The summed E-state index contributed by atoms with van der Waals surface area (Å²) < 4.78 is 5.23. The Morgan fingerprint density at radius 2 is 2.09 bits per heavy atom. The van der Waals surface area contributed by atoms with Crippen molar-refractivity contribution in [3.63, 3.8) is 0 Å². The molecule has 0 spiro atoms. The van der Waals surface area contributed by atoms with E-state index in [9.17, 15) is 4.79 Å². The number of rotatable bonds is 5. The number of aromatic nitrogens is 1. The minimum absolute atomic E-state index is 0.186. The van der Waals surface area contributed by atoms with Gasteiger partial charge in [-0.15, -0.1) is 0 Å². The van der Waals surface area contributed by atoms with Crippen molar-refractivity contribution in [1.82, 2.24) is 10.1 Å². The van der Waals surface area contributed by atoms with E-state index in [0.717, 1.165) is 37.4 Å². The zero-order valence-corrected chi connectivity index (χ0v) is 13.6. The molecule has 0 N–H and O–H groups in total. The van der Waals surface area contributed by atoms with Gasteiger partial charge in [-0.3, -0.25) is 4.79 Å². The Bertz CT molecular complexity index is 633. The Kier molecular flexibility index (Phi) is 4.95. The number of likely N-dealkylation sites (tertiary alicyclic amines) is 1. The van der Waals surface area contributed by atoms with Crippen molar-refractivity contribution < 1.29 is 9.32 Å². The summed E-state index contributed by atoms with van der Waals surface area (Å²) in [5.74, 6) is 0.948. The fourth-order valence-electron chi connectivity index (χ4n) is 2.98. The minimum Gasteiger partial charge on any atom is -0.360 e. The van der Waals surface area contributed by atoms with Crippen LogP contribution in [0.1, 0.15) is 30.6 Å². The normalized spacial score (nSPS) is 14.7. The molecule has 1 aliphatic heterocycles. The van der Waals surface area contributed by atoms with Crippen LogP contribution in [0.4, 0.5) is 5.69 Å². The lowest BCUT2D eigenvalue weighted by molar-refractivity contribution is -0.130. The molecule has 1 aromatic carbocycles. The second-order valence-corrected chi connectivity index (χ2v) is 6.12. The largest absolute Gasteiger partial charge is 0.360 e. The van der Waals surface area contributed by atoms with Gasteiger partial charge in [0.1, 0.15) is 0 Å². The van der Waals surface area contributed by atoms with Crippen LogP contribution in [0.15, 0.2) is 41.1 Å². The molecule has 0 unspecified atom stereocenters. The molecule has 23 heavy (non-hydrogen) atoms. The predicted octanol–water partition coefficient (Wildman–Crippen LogP) is 3.00. The number of benzene rings is 1. The molecular weight excluding hydrogens is 290 g/mol. The summed E-state index contributed by atoms with van der Waals surface area (Å²) in [7, 11) is 0. The van der Waals surface area contributed by atoms with Crippen LogP contribution in [0.5, 0.6) is 0 Å². The Morgan fingerprint density at radius 3 is 2.78 bits per heavy atom. The molecule has 0 atom stereocenters. The van der Waals surface area contributed by atoms with Crippen molar-refractivity contribution in [3.05, 3.63) is 47.9 Å². The zero-order valence-electron chi connectivity index (χ0n) is 13.6. The molecule has 5 heteroatoms. The average Bonchev–Trinajstić information content (AvgIpc) is 3.08. The number of anilines is 1. The first kappa shape index (κ1) is 15.6. The molecule has 1 aliphatic rings. The monoisotopic (exact) mass is 313 g/mol. The van der Waals surface area contributed by atoms with Gasteiger partial charge in [-0.05, 0) is 43.9 Å². The van der Waals surface area contributed by atoms with Crippen LogP contribution in [-0.2, 0) is 11.3 Å². The molecule has 2 aromatic rings. The van der Waals surface area contributed by atoms with Crippen molar-refractivity contribution in [2.45, 2.75) is 32.7 Å². The van der Waals surface area contributed by atoms with Crippen LogP contribution in [0.25, 0.3) is 0 Å². The van der Waals surface area contributed by atoms with Gasteiger partial charge in [-0.25, -0.2) is 0 Å². The second kappa shape index (κ2) is 7.31. The van der Waals surface area contributed by atoms with Gasteiger partial charge in [0.25, 0.3) is 0 Å². The first-order valence-electron chi connectivity index (χ1n) is 8.21. The third kappa shape index (κ3) is 4.12. The first-order valence-corrected chi connectivity index (χ1v) is 8.21. The topological polar surface area (TPSA) is 49.6 Å². The van der Waals surface area contributed by atoms with Crippen molar-refractivity contribution in [3.8, 4) is 0 Å². The molecule has 2 heterocycles. The lowest BCUT2D eigenvalue weighted by atomic mass is 10.1. The molecule has 0 saturated carbocycles. The Morgan fingerprint density at radius 1 is 1.26 bits per heavy atom. The summed E-state index contributed by atoms with van der Waals surface area (Å²) in [6.07, 6.45) is 5.08. The molecule has 0 radical (unpaired) electrons. The standard InChI is InChI=1S/C18H23N3O2/c1-15-6-5-7-16(12-15)21(13-17-8-9-19-23-17)14-18(22)20-10-3-2-4-11-20/h5-9,12H,2-4,10-11,13-14H2,1H3. The number of hydrogen-bond donors (Lipinski definition) is 0. The van der Waals surface area contributed by atoms with Gasteiger partial charge in [-0.2, -0.15) is 0 Å². The van der Waals surface area contributed by atoms with E-state index >= 15 is 0 Å². The van der Waals surface area contributed by atoms with Crippen molar-refractivity contribution in [2.75, 3.05) is 24.5 Å². The molecule has 1 aromatic heterocycles. The SMILES string of the molecule is Cc1cccc(N(CC(=O)N2CCCCC2)Cc2ccno2)c1. The third-order valence-electron chi connectivity index (χ3n) is 4.24. The Labute approximate surface area is 136 Å². The van der Waals surface area contributed by atoms with Crippen LogP contribution in [-0.4, -0.2) is 35.6 Å². The van der Waals surface area contributed by atoms with Crippen LogP contribution in [0, 0.1) is 6.92 Å². The maximum Gasteiger partial charge on any atom is 0.242 e. The Hall–Kier alpha value is -2.30. The van der Waals surface area contributed by atoms with Gasteiger partial charge in [0.05, 0.1) is 19.3 Å². The summed E-state index contributed by atoms with van der Waals surface area (Å²) in [5.41, 5.74) is 2.21. The summed E-state index contributed by atoms with van der Waals surface area (Å²) >= 11 is 0. The van der Waals surface area contributed by atoms with Gasteiger partial charge >= 0.3 is 0 Å². The van der Waals surface area contributed by atoms with Crippen LogP contribution >= 0.6 is 0 Å². The van der Waals surface area contributed by atoms with Gasteiger partial charge in [0, 0.05) is 24.8 Å². The molecule has 1 saturated heterocycles. The molecular formula is C18H23N3O2. The number of carbonyl (C=O) groups is 1. The van der Waals surface area contributed by atoms with Crippen LogP contribution in [0.3, 0.4) is 0 Å². The van der Waals surface area contributed by atoms with Crippen molar-refractivity contribution >= 4 is 11.6 Å². The van der Waals surface area contributed by atoms with E-state index in [1.807, 2.05) is 23.1 Å². The van der Waals surface area contributed by atoms with E-state index in [0.29, 0.717) is 13.1 Å². The molecule has 1 fully saturated rings. The molecule has 5 nitrogen and oxygen atoms in total. The quantitative estimate of drug-likeness (QED) is 0.851. The van der Waals surface area contributed by atoms with E-state index in [1.165, 1.54) is 12.0 Å². The third-order valence-corrected chi connectivity index (χ3v) is 4.24. The second-order valence-electron chi connectivity index (χ2n) is 6.12. The van der Waals surface area contributed by atoms with Gasteiger partial charge in [-0.1, -0.05) is 17.3 Å². The van der Waals surface area contributed by atoms with Crippen molar-refractivity contribution in [1.29, 1.82) is 0 Å². The lowest BCUT2D eigenvalue weighted by Gasteiger charge is -2.30. The van der Waals surface area contributed by atoms with Gasteiger partial charge in [0.15, 0.2) is 5.76 Å². The van der Waals surface area contributed by atoms with Crippen LogP contribution < -0.4 is 4.90 Å². The number of nitrogens with zero attached hydrogens (tertiary/aromatic N) is 3. The maximum absolute atomic E-state index is 12.6. The number of carbonyl (C=O) groups excluding carboxylic acids is 1. The average molecular weight is 313 g/mol. The fourth-order valence-corrected chi connectivity index (χ4v) is 2.98. The summed E-state index contributed by atoms with van der Waals surface area (Å²) in [5, 5.41) is 3.76. The molecule has 1 amide bonds. The van der Waals surface area contributed by atoms with Gasteiger partial charge in [0.2, 0.25) is 5.91 Å². The van der Waals surface area contributed by atoms with Crippen molar-refractivity contribution in [2.24, 2.45) is 0 Å². The number of hydrogen-bond acceptors (Lipinski definition) is 4. The van der Waals surface area contributed by atoms with E-state index in [4.69, 9.17) is 4.52 Å².